The second kappa shape index (κ2) is 8.70. The molecule has 0 spiro atoms. The molecule has 1 unspecified atom stereocenters. The van der Waals surface area contributed by atoms with Gasteiger partial charge in [0.1, 0.15) is 5.75 Å². The molecule has 0 saturated carbocycles. The van der Waals surface area contributed by atoms with Gasteiger partial charge in [-0.15, -0.1) is 0 Å². The summed E-state index contributed by atoms with van der Waals surface area (Å²) in [7, 11) is -1.62. The van der Waals surface area contributed by atoms with Crippen LogP contribution in [0.25, 0.3) is 0 Å². The van der Waals surface area contributed by atoms with Crippen molar-refractivity contribution in [2.75, 3.05) is 26.5 Å². The third kappa shape index (κ3) is 4.69. The van der Waals surface area contributed by atoms with E-state index in [-0.39, 0.29) is 11.8 Å². The minimum atomic E-state index is -3.22. The molecule has 1 aromatic carbocycles. The Bertz CT molecular complexity index is 910. The molecule has 0 radical (unpaired) electrons. The molecule has 0 aliphatic carbocycles. The van der Waals surface area contributed by atoms with E-state index < -0.39 is 16.1 Å². The van der Waals surface area contributed by atoms with Gasteiger partial charge in [0.25, 0.3) is 0 Å². The number of para-hydroxylation sites is 1. The number of methoxy groups -OCH3 is 1. The highest BCUT2D eigenvalue weighted by atomic mass is 32.2. The van der Waals surface area contributed by atoms with Gasteiger partial charge in [-0.1, -0.05) is 24.3 Å². The quantitative estimate of drug-likeness (QED) is 0.797. The Balaban J connectivity index is 1.80. The first kappa shape index (κ1) is 20.3. The van der Waals surface area contributed by atoms with Gasteiger partial charge < -0.3 is 10.1 Å². The summed E-state index contributed by atoms with van der Waals surface area (Å²) in [6, 6.07) is 12.6. The largest absolute Gasteiger partial charge is 0.496 e. The number of sulfonamides is 1. The Morgan fingerprint density at radius 3 is 2.46 bits per heavy atom. The maximum absolute atomic E-state index is 13.0. The van der Waals surface area contributed by atoms with Crippen molar-refractivity contribution in [3.63, 3.8) is 0 Å². The van der Waals surface area contributed by atoms with E-state index in [4.69, 9.17) is 4.74 Å². The standard InChI is InChI=1S/C20H25N3O4S/c1-27-18-9-4-3-7-16(18)19(17-8-5-6-12-21-17)22-20(24)15-10-13-23(14-11-15)28(2,25)26/h3-9,12,15,19H,10-11,13-14H2,1-2H3,(H,22,24). The van der Waals surface area contributed by atoms with Crippen LogP contribution in [0, 0.1) is 5.92 Å². The number of piperidine rings is 1. The third-order valence-corrected chi connectivity index (χ3v) is 6.32. The highest BCUT2D eigenvalue weighted by Crippen LogP contribution is 2.30. The maximum atomic E-state index is 13.0. The van der Waals surface area contributed by atoms with Crippen LogP contribution in [0.2, 0.25) is 0 Å². The molecular weight excluding hydrogens is 378 g/mol. The second-order valence-corrected chi connectivity index (χ2v) is 8.86. The average molecular weight is 404 g/mol. The number of amides is 1. The summed E-state index contributed by atoms with van der Waals surface area (Å²) in [5.74, 6) is 0.332. The molecule has 28 heavy (non-hydrogen) atoms. The Labute approximate surface area is 165 Å². The summed E-state index contributed by atoms with van der Waals surface area (Å²) in [6.07, 6.45) is 3.89. The molecule has 1 atom stereocenters. The van der Waals surface area contributed by atoms with Gasteiger partial charge in [-0.3, -0.25) is 9.78 Å². The number of hydrogen-bond acceptors (Lipinski definition) is 5. The molecule has 1 amide bonds. The lowest BCUT2D eigenvalue weighted by atomic mass is 9.95. The smallest absolute Gasteiger partial charge is 0.224 e. The zero-order valence-electron chi connectivity index (χ0n) is 16.0. The lowest BCUT2D eigenvalue weighted by Crippen LogP contribution is -2.43. The summed E-state index contributed by atoms with van der Waals surface area (Å²) in [4.78, 5) is 17.4. The molecule has 150 valence electrons. The van der Waals surface area contributed by atoms with Gasteiger partial charge >= 0.3 is 0 Å². The van der Waals surface area contributed by atoms with Crippen molar-refractivity contribution in [3.8, 4) is 5.75 Å². The Hall–Kier alpha value is -2.45. The first-order chi connectivity index (χ1) is 13.4. The van der Waals surface area contributed by atoms with Gasteiger partial charge in [0, 0.05) is 30.8 Å². The summed E-state index contributed by atoms with van der Waals surface area (Å²) in [5, 5.41) is 3.10. The highest BCUT2D eigenvalue weighted by Gasteiger charge is 2.31. The number of aromatic nitrogens is 1. The van der Waals surface area contributed by atoms with E-state index >= 15 is 0 Å². The molecule has 1 aliphatic heterocycles. The SMILES string of the molecule is COc1ccccc1C(NC(=O)C1CCN(S(C)(=O)=O)CC1)c1ccccn1. The number of ether oxygens (including phenoxy) is 1. The monoisotopic (exact) mass is 403 g/mol. The molecule has 3 rings (SSSR count). The number of nitrogens with one attached hydrogen (secondary N) is 1. The van der Waals surface area contributed by atoms with E-state index in [1.165, 1.54) is 10.6 Å². The maximum Gasteiger partial charge on any atom is 0.224 e. The van der Waals surface area contributed by atoms with Gasteiger partial charge in [-0.2, -0.15) is 0 Å². The van der Waals surface area contributed by atoms with Crippen molar-refractivity contribution in [1.82, 2.24) is 14.6 Å². The average Bonchev–Trinajstić information content (AvgIpc) is 2.72. The summed E-state index contributed by atoms with van der Waals surface area (Å²) in [6.45, 7) is 0.722. The van der Waals surface area contributed by atoms with Crippen LogP contribution in [0.1, 0.15) is 30.1 Å². The van der Waals surface area contributed by atoms with Crippen LogP contribution < -0.4 is 10.1 Å². The van der Waals surface area contributed by atoms with E-state index in [0.717, 1.165) is 5.56 Å². The summed E-state index contributed by atoms with van der Waals surface area (Å²) >= 11 is 0. The van der Waals surface area contributed by atoms with Gasteiger partial charge in [0.2, 0.25) is 15.9 Å². The number of hydrogen-bond donors (Lipinski definition) is 1. The van der Waals surface area contributed by atoms with E-state index in [1.54, 1.807) is 13.3 Å². The van der Waals surface area contributed by atoms with Crippen LogP contribution in [-0.2, 0) is 14.8 Å². The van der Waals surface area contributed by atoms with E-state index in [1.807, 2.05) is 42.5 Å². The molecule has 0 bridgehead atoms. The number of benzene rings is 1. The van der Waals surface area contributed by atoms with Crippen LogP contribution in [0.4, 0.5) is 0 Å². The molecule has 2 heterocycles. The molecule has 1 N–H and O–H groups in total. The van der Waals surface area contributed by atoms with Gasteiger partial charge in [-0.05, 0) is 31.0 Å². The second-order valence-electron chi connectivity index (χ2n) is 6.87. The number of carbonyl (C=O) groups is 1. The molecule has 1 fully saturated rings. The Morgan fingerprint density at radius 1 is 1.18 bits per heavy atom. The molecule has 7 nitrogen and oxygen atoms in total. The van der Waals surface area contributed by atoms with Crippen LogP contribution in [0.15, 0.2) is 48.7 Å². The zero-order valence-corrected chi connectivity index (χ0v) is 16.9. The number of pyridine rings is 1. The number of carbonyl (C=O) groups excluding carboxylic acids is 1. The van der Waals surface area contributed by atoms with Gasteiger partial charge in [0.05, 0.1) is 25.1 Å². The normalized spacial score (nSPS) is 17.1. The lowest BCUT2D eigenvalue weighted by molar-refractivity contribution is -0.126. The van der Waals surface area contributed by atoms with Crippen LogP contribution in [-0.4, -0.2) is 50.1 Å². The minimum Gasteiger partial charge on any atom is -0.496 e. The first-order valence-corrected chi connectivity index (χ1v) is 11.0. The predicted octanol–water partition coefficient (Wildman–Crippen LogP) is 1.97. The topological polar surface area (TPSA) is 88.6 Å². The first-order valence-electron chi connectivity index (χ1n) is 9.19. The highest BCUT2D eigenvalue weighted by molar-refractivity contribution is 7.88. The molecule has 8 heteroatoms. The fourth-order valence-electron chi connectivity index (χ4n) is 3.47. The molecule has 1 saturated heterocycles. The van der Waals surface area contributed by atoms with Crippen molar-refractivity contribution in [1.29, 1.82) is 0 Å². The fourth-order valence-corrected chi connectivity index (χ4v) is 4.35. The van der Waals surface area contributed by atoms with Crippen molar-refractivity contribution in [2.24, 2.45) is 5.92 Å². The molecule has 2 aromatic rings. The van der Waals surface area contributed by atoms with Crippen molar-refractivity contribution < 1.29 is 17.9 Å². The Morgan fingerprint density at radius 2 is 1.86 bits per heavy atom. The van der Waals surface area contributed by atoms with E-state index in [9.17, 15) is 13.2 Å². The van der Waals surface area contributed by atoms with Crippen LogP contribution in [0.3, 0.4) is 0 Å². The van der Waals surface area contributed by atoms with Gasteiger partial charge in [0.15, 0.2) is 0 Å². The summed E-state index contributed by atoms with van der Waals surface area (Å²) in [5.41, 5.74) is 1.54. The third-order valence-electron chi connectivity index (χ3n) is 5.01. The predicted molar refractivity (Wildman–Crippen MR) is 106 cm³/mol. The fraction of sp³-hybridized carbons (Fsp3) is 0.400. The van der Waals surface area contributed by atoms with Crippen LogP contribution in [0.5, 0.6) is 5.75 Å². The zero-order chi connectivity index (χ0) is 20.1. The minimum absolute atomic E-state index is 0.102. The molecular formula is C20H25N3O4S. The van der Waals surface area contributed by atoms with Crippen LogP contribution >= 0.6 is 0 Å². The van der Waals surface area contributed by atoms with Crippen molar-refractivity contribution in [2.45, 2.75) is 18.9 Å². The lowest BCUT2D eigenvalue weighted by Gasteiger charge is -2.30. The Kier molecular flexibility index (Phi) is 6.31. The number of nitrogens with zero attached hydrogens (tertiary/aromatic N) is 2. The number of rotatable bonds is 6. The molecule has 1 aliphatic rings. The van der Waals surface area contributed by atoms with Crippen molar-refractivity contribution in [3.05, 3.63) is 59.9 Å². The van der Waals surface area contributed by atoms with E-state index in [2.05, 4.69) is 10.3 Å². The molecule has 1 aromatic heterocycles. The van der Waals surface area contributed by atoms with E-state index in [0.29, 0.717) is 37.4 Å². The van der Waals surface area contributed by atoms with Gasteiger partial charge in [-0.25, -0.2) is 12.7 Å². The van der Waals surface area contributed by atoms with Crippen molar-refractivity contribution >= 4 is 15.9 Å². The summed E-state index contributed by atoms with van der Waals surface area (Å²) < 4.78 is 30.3.